The molecule has 0 saturated carbocycles. The molecule has 0 atom stereocenters. The van der Waals surface area contributed by atoms with Crippen molar-refractivity contribution in [1.82, 2.24) is 0 Å². The van der Waals surface area contributed by atoms with Crippen LogP contribution in [0.5, 0.6) is 0 Å². The van der Waals surface area contributed by atoms with Crippen LogP contribution in [0.15, 0.2) is 0 Å². The van der Waals surface area contributed by atoms with E-state index in [0.29, 0.717) is 72.7 Å². The number of carbonyl (C=O) groups is 1. The van der Waals surface area contributed by atoms with E-state index in [1.807, 2.05) is 0 Å². The smallest absolute Gasteiger partial charge is 0.332 e. The first-order chi connectivity index (χ1) is 11.3. The molecule has 0 aromatic heterocycles. The summed E-state index contributed by atoms with van der Waals surface area (Å²) in [5.41, 5.74) is 0. The molecule has 0 aromatic carbocycles. The second-order valence-corrected chi connectivity index (χ2v) is 4.30. The van der Waals surface area contributed by atoms with Gasteiger partial charge in [-0.3, -0.25) is 0 Å². The standard InChI is InChI=1S/C15H30O8/c1-3-23-15(16)14-22-13-12-21-11-10-20-9-8-19-7-6-18-5-4-17-2/h3-14H2,1-2H3. The fourth-order valence-corrected chi connectivity index (χ4v) is 1.38. The van der Waals surface area contributed by atoms with Gasteiger partial charge in [0.15, 0.2) is 0 Å². The zero-order valence-electron chi connectivity index (χ0n) is 14.3. The number of methoxy groups -OCH3 is 1. The highest BCUT2D eigenvalue weighted by Gasteiger charge is 2.00. The van der Waals surface area contributed by atoms with Crippen molar-refractivity contribution < 1.29 is 38.0 Å². The SMILES string of the molecule is CCOC(=O)COCCOCCOCCOCCOCCOC. The Morgan fingerprint density at radius 3 is 1.43 bits per heavy atom. The van der Waals surface area contributed by atoms with Crippen LogP contribution in [0.25, 0.3) is 0 Å². The second kappa shape index (κ2) is 19.3. The normalized spacial score (nSPS) is 10.9. The van der Waals surface area contributed by atoms with Gasteiger partial charge >= 0.3 is 5.97 Å². The number of ether oxygens (including phenoxy) is 7. The summed E-state index contributed by atoms with van der Waals surface area (Å²) in [5, 5.41) is 0. The van der Waals surface area contributed by atoms with E-state index in [0.717, 1.165) is 0 Å². The molecule has 0 radical (unpaired) electrons. The first kappa shape index (κ1) is 22.2. The van der Waals surface area contributed by atoms with Crippen molar-refractivity contribution in [1.29, 1.82) is 0 Å². The number of hydrogen-bond acceptors (Lipinski definition) is 8. The zero-order chi connectivity index (χ0) is 17.0. The molecule has 0 aliphatic heterocycles. The van der Waals surface area contributed by atoms with Gasteiger partial charge in [-0.25, -0.2) is 4.79 Å². The summed E-state index contributed by atoms with van der Waals surface area (Å²) >= 11 is 0. The fraction of sp³-hybridized carbons (Fsp3) is 0.933. The largest absolute Gasteiger partial charge is 0.464 e. The third kappa shape index (κ3) is 19.2. The van der Waals surface area contributed by atoms with Gasteiger partial charge in [-0.2, -0.15) is 0 Å². The molecule has 0 bridgehead atoms. The molecule has 138 valence electrons. The molecule has 0 heterocycles. The summed E-state index contributed by atoms with van der Waals surface area (Å²) in [5.74, 6) is -0.361. The van der Waals surface area contributed by atoms with E-state index >= 15 is 0 Å². The van der Waals surface area contributed by atoms with Crippen LogP contribution in [0, 0.1) is 0 Å². The number of esters is 1. The molecule has 0 unspecified atom stereocenters. The summed E-state index contributed by atoms with van der Waals surface area (Å²) in [6.07, 6.45) is 0. The van der Waals surface area contributed by atoms with Crippen LogP contribution >= 0.6 is 0 Å². The maximum atomic E-state index is 11.0. The molecular weight excluding hydrogens is 308 g/mol. The van der Waals surface area contributed by atoms with Gasteiger partial charge < -0.3 is 33.2 Å². The minimum atomic E-state index is -0.361. The van der Waals surface area contributed by atoms with E-state index in [1.165, 1.54) is 0 Å². The Kier molecular flexibility index (Phi) is 18.6. The molecule has 0 amide bonds. The van der Waals surface area contributed by atoms with E-state index in [9.17, 15) is 4.79 Å². The van der Waals surface area contributed by atoms with Crippen LogP contribution in [-0.2, 0) is 38.0 Å². The molecule has 0 spiro atoms. The van der Waals surface area contributed by atoms with Crippen molar-refractivity contribution in [2.75, 3.05) is 86.4 Å². The van der Waals surface area contributed by atoms with Crippen molar-refractivity contribution >= 4 is 5.97 Å². The molecule has 0 aliphatic carbocycles. The van der Waals surface area contributed by atoms with Gasteiger partial charge in [0, 0.05) is 7.11 Å². The van der Waals surface area contributed by atoms with Gasteiger partial charge in [0.25, 0.3) is 0 Å². The van der Waals surface area contributed by atoms with Gasteiger partial charge in [-0.05, 0) is 6.92 Å². The molecule has 0 saturated heterocycles. The Hall–Kier alpha value is -0.770. The second-order valence-electron chi connectivity index (χ2n) is 4.30. The predicted octanol–water partition coefficient (Wildman–Crippen LogP) is 0.279. The van der Waals surface area contributed by atoms with Crippen molar-refractivity contribution in [2.24, 2.45) is 0 Å². The van der Waals surface area contributed by atoms with Crippen LogP contribution in [0.1, 0.15) is 6.92 Å². The summed E-state index contributed by atoms with van der Waals surface area (Å²) in [4.78, 5) is 11.0. The van der Waals surface area contributed by atoms with Gasteiger partial charge in [0.1, 0.15) is 6.61 Å². The van der Waals surface area contributed by atoms with Crippen LogP contribution in [0.3, 0.4) is 0 Å². The molecule has 0 fully saturated rings. The van der Waals surface area contributed by atoms with E-state index in [4.69, 9.17) is 33.2 Å². The minimum absolute atomic E-state index is 0.0414. The van der Waals surface area contributed by atoms with E-state index in [-0.39, 0.29) is 12.6 Å². The van der Waals surface area contributed by atoms with Gasteiger partial charge in [-0.1, -0.05) is 0 Å². The average Bonchev–Trinajstić information content (AvgIpc) is 2.54. The third-order valence-electron chi connectivity index (χ3n) is 2.45. The molecule has 0 rings (SSSR count). The fourth-order valence-electron chi connectivity index (χ4n) is 1.38. The van der Waals surface area contributed by atoms with Crippen LogP contribution in [0.2, 0.25) is 0 Å². The Bertz CT molecular complexity index is 250. The van der Waals surface area contributed by atoms with E-state index in [2.05, 4.69) is 0 Å². The first-order valence-corrected chi connectivity index (χ1v) is 7.84. The molecule has 0 aliphatic rings. The Morgan fingerprint density at radius 1 is 0.652 bits per heavy atom. The molecule has 23 heavy (non-hydrogen) atoms. The maximum absolute atomic E-state index is 11.0. The quantitative estimate of drug-likeness (QED) is 0.260. The summed E-state index contributed by atoms with van der Waals surface area (Å²) in [6.45, 7) is 7.12. The predicted molar refractivity (Wildman–Crippen MR) is 82.6 cm³/mol. The van der Waals surface area contributed by atoms with Gasteiger partial charge in [-0.15, -0.1) is 0 Å². The highest BCUT2D eigenvalue weighted by atomic mass is 16.6. The number of hydrogen-bond donors (Lipinski definition) is 0. The monoisotopic (exact) mass is 338 g/mol. The Labute approximate surface area is 138 Å². The lowest BCUT2D eigenvalue weighted by molar-refractivity contribution is -0.149. The maximum Gasteiger partial charge on any atom is 0.332 e. The van der Waals surface area contributed by atoms with E-state index in [1.54, 1.807) is 14.0 Å². The number of rotatable bonds is 18. The lowest BCUT2D eigenvalue weighted by Crippen LogP contribution is -2.16. The third-order valence-corrected chi connectivity index (χ3v) is 2.45. The minimum Gasteiger partial charge on any atom is -0.464 e. The van der Waals surface area contributed by atoms with Crippen LogP contribution in [-0.4, -0.2) is 92.4 Å². The lowest BCUT2D eigenvalue weighted by Gasteiger charge is -2.07. The summed E-state index contributed by atoms with van der Waals surface area (Å²) in [7, 11) is 1.64. The van der Waals surface area contributed by atoms with Crippen molar-refractivity contribution in [3.63, 3.8) is 0 Å². The van der Waals surface area contributed by atoms with Gasteiger partial charge in [0.05, 0.1) is 72.7 Å². The topological polar surface area (TPSA) is 81.7 Å². The van der Waals surface area contributed by atoms with Crippen molar-refractivity contribution in [3.8, 4) is 0 Å². The molecule has 8 nitrogen and oxygen atoms in total. The van der Waals surface area contributed by atoms with Gasteiger partial charge in [0.2, 0.25) is 0 Å². The highest BCUT2D eigenvalue weighted by Crippen LogP contribution is 1.85. The van der Waals surface area contributed by atoms with Crippen LogP contribution in [0.4, 0.5) is 0 Å². The van der Waals surface area contributed by atoms with Crippen molar-refractivity contribution in [3.05, 3.63) is 0 Å². The number of carbonyl (C=O) groups excluding carboxylic acids is 1. The zero-order valence-corrected chi connectivity index (χ0v) is 14.3. The first-order valence-electron chi connectivity index (χ1n) is 7.84. The average molecular weight is 338 g/mol. The molecule has 8 heteroatoms. The van der Waals surface area contributed by atoms with Crippen molar-refractivity contribution in [2.45, 2.75) is 6.92 Å². The molecular formula is C15H30O8. The summed E-state index contributed by atoms with van der Waals surface area (Å²) < 4.78 is 35.8. The highest BCUT2D eigenvalue weighted by molar-refractivity contribution is 5.70. The van der Waals surface area contributed by atoms with Crippen LogP contribution < -0.4 is 0 Å². The lowest BCUT2D eigenvalue weighted by atomic mass is 10.6. The van der Waals surface area contributed by atoms with E-state index < -0.39 is 0 Å². The Morgan fingerprint density at radius 2 is 1.04 bits per heavy atom. The molecule has 0 aromatic rings. The summed E-state index contributed by atoms with van der Waals surface area (Å²) in [6, 6.07) is 0. The molecule has 0 N–H and O–H groups in total. The Balaban J connectivity index is 3.01.